The molecule has 0 spiro atoms. The van der Waals surface area contributed by atoms with Gasteiger partial charge in [0.2, 0.25) is 0 Å². The topological polar surface area (TPSA) is 71.1 Å². The van der Waals surface area contributed by atoms with Crippen molar-refractivity contribution in [1.29, 1.82) is 0 Å². The molecule has 0 saturated heterocycles. The summed E-state index contributed by atoms with van der Waals surface area (Å²) >= 11 is 6.69. The third-order valence-electron chi connectivity index (χ3n) is 3.62. The summed E-state index contributed by atoms with van der Waals surface area (Å²) in [4.78, 5) is 23.3. The quantitative estimate of drug-likeness (QED) is 0.287. The molecule has 0 saturated carbocycles. The van der Waals surface area contributed by atoms with E-state index in [1.54, 1.807) is 0 Å². The molecule has 0 aliphatic heterocycles. The molecule has 2 aromatic carbocycles. The molecule has 29 heavy (non-hydrogen) atoms. The molecule has 8 heteroatoms. The van der Waals surface area contributed by atoms with Crippen LogP contribution in [0.1, 0.15) is 19.3 Å². The van der Waals surface area contributed by atoms with Crippen LogP contribution in [0.25, 0.3) is 0 Å². The normalized spacial score (nSPS) is 10.3. The zero-order valence-corrected chi connectivity index (χ0v) is 18.9. The van der Waals surface area contributed by atoms with Crippen LogP contribution in [0.2, 0.25) is 0 Å². The summed E-state index contributed by atoms with van der Waals surface area (Å²) in [7, 11) is 0. The van der Waals surface area contributed by atoms with Gasteiger partial charge in [-0.2, -0.15) is 0 Å². The molecule has 0 N–H and O–H groups in total. The third-order valence-corrected chi connectivity index (χ3v) is 4.68. The van der Waals surface area contributed by atoms with E-state index in [0.29, 0.717) is 17.9 Å². The summed E-state index contributed by atoms with van der Waals surface area (Å²) in [5.41, 5.74) is 0. The van der Waals surface area contributed by atoms with Crippen LogP contribution in [0.5, 0.6) is 11.5 Å². The fourth-order valence-electron chi connectivity index (χ4n) is 2.21. The number of benzene rings is 2. The van der Waals surface area contributed by atoms with Crippen molar-refractivity contribution in [3.8, 4) is 11.5 Å². The Bertz CT molecular complexity index is 696. The SMILES string of the molecule is O=C(CCCC(=O)OCCOc1ccc(Br)cc1)OCCOc1ccc(Br)cc1. The number of ether oxygens (including phenoxy) is 4. The first-order valence-electron chi connectivity index (χ1n) is 9.11. The number of hydrogen-bond acceptors (Lipinski definition) is 6. The second-order valence-corrected chi connectivity index (χ2v) is 7.73. The van der Waals surface area contributed by atoms with E-state index in [2.05, 4.69) is 31.9 Å². The van der Waals surface area contributed by atoms with Gasteiger partial charge in [0.05, 0.1) is 0 Å². The molecule has 0 heterocycles. The summed E-state index contributed by atoms with van der Waals surface area (Å²) < 4.78 is 23.0. The predicted molar refractivity (Wildman–Crippen MR) is 115 cm³/mol. The van der Waals surface area contributed by atoms with Crippen LogP contribution < -0.4 is 9.47 Å². The standard InChI is InChI=1S/C21H22Br2O6/c22-16-4-8-18(9-5-16)26-12-14-28-20(24)2-1-3-21(25)29-15-13-27-19-10-6-17(23)7-11-19/h4-11H,1-3,12-15H2. The molecule has 0 bridgehead atoms. The van der Waals surface area contributed by atoms with Gasteiger partial charge in [-0.25, -0.2) is 0 Å². The molecule has 2 aromatic rings. The highest BCUT2D eigenvalue weighted by Gasteiger charge is 2.08. The van der Waals surface area contributed by atoms with Gasteiger partial charge in [-0.15, -0.1) is 0 Å². The molecule has 156 valence electrons. The fraction of sp³-hybridized carbons (Fsp3) is 0.333. The summed E-state index contributed by atoms with van der Waals surface area (Å²) in [6.45, 7) is 0.862. The number of carbonyl (C=O) groups excluding carboxylic acids is 2. The summed E-state index contributed by atoms with van der Waals surface area (Å²) in [6, 6.07) is 14.8. The van der Waals surface area contributed by atoms with E-state index in [0.717, 1.165) is 8.95 Å². The van der Waals surface area contributed by atoms with E-state index < -0.39 is 0 Å². The lowest BCUT2D eigenvalue weighted by Gasteiger charge is -2.08. The first-order chi connectivity index (χ1) is 14.0. The van der Waals surface area contributed by atoms with Crippen molar-refractivity contribution in [2.24, 2.45) is 0 Å². The van der Waals surface area contributed by atoms with Crippen LogP contribution in [0.3, 0.4) is 0 Å². The Balaban J connectivity index is 1.45. The largest absolute Gasteiger partial charge is 0.490 e. The van der Waals surface area contributed by atoms with Crippen molar-refractivity contribution in [1.82, 2.24) is 0 Å². The Morgan fingerprint density at radius 3 is 1.38 bits per heavy atom. The van der Waals surface area contributed by atoms with Gasteiger partial charge in [-0.05, 0) is 55.0 Å². The maximum Gasteiger partial charge on any atom is 0.305 e. The van der Waals surface area contributed by atoms with Crippen molar-refractivity contribution >= 4 is 43.8 Å². The van der Waals surface area contributed by atoms with Gasteiger partial charge in [0.1, 0.15) is 37.9 Å². The predicted octanol–water partition coefficient (Wildman–Crippen LogP) is 4.93. The number of carbonyl (C=O) groups is 2. The van der Waals surface area contributed by atoms with Gasteiger partial charge in [0.25, 0.3) is 0 Å². The van der Waals surface area contributed by atoms with Gasteiger partial charge in [-0.3, -0.25) is 9.59 Å². The van der Waals surface area contributed by atoms with Crippen molar-refractivity contribution in [2.75, 3.05) is 26.4 Å². The minimum Gasteiger partial charge on any atom is -0.490 e. The zero-order valence-electron chi connectivity index (χ0n) is 15.8. The molecule has 0 atom stereocenters. The highest BCUT2D eigenvalue weighted by molar-refractivity contribution is 9.10. The van der Waals surface area contributed by atoms with Crippen molar-refractivity contribution in [3.05, 3.63) is 57.5 Å². The molecule has 0 radical (unpaired) electrons. The lowest BCUT2D eigenvalue weighted by Crippen LogP contribution is -2.14. The molecular weight excluding hydrogens is 508 g/mol. The van der Waals surface area contributed by atoms with Gasteiger partial charge >= 0.3 is 11.9 Å². The average molecular weight is 530 g/mol. The van der Waals surface area contributed by atoms with Gasteiger partial charge in [0.15, 0.2) is 0 Å². The highest BCUT2D eigenvalue weighted by atomic mass is 79.9. The maximum absolute atomic E-state index is 11.7. The molecule has 2 rings (SSSR count). The van der Waals surface area contributed by atoms with Crippen LogP contribution in [-0.4, -0.2) is 38.4 Å². The summed E-state index contributed by atoms with van der Waals surface area (Å²) in [5.74, 6) is 0.679. The van der Waals surface area contributed by atoms with Crippen LogP contribution in [0, 0.1) is 0 Å². The van der Waals surface area contributed by atoms with E-state index in [4.69, 9.17) is 18.9 Å². The first-order valence-corrected chi connectivity index (χ1v) is 10.7. The number of halogens is 2. The second kappa shape index (κ2) is 13.2. The highest BCUT2D eigenvalue weighted by Crippen LogP contribution is 2.16. The van der Waals surface area contributed by atoms with Crippen LogP contribution in [0.15, 0.2) is 57.5 Å². The van der Waals surface area contributed by atoms with Gasteiger partial charge in [0, 0.05) is 21.8 Å². The number of esters is 2. The Morgan fingerprint density at radius 1 is 0.621 bits per heavy atom. The van der Waals surface area contributed by atoms with E-state index in [1.165, 1.54) is 0 Å². The molecule has 0 aromatic heterocycles. The first kappa shape index (κ1) is 23.2. The zero-order chi connectivity index (χ0) is 20.9. The van der Waals surface area contributed by atoms with Crippen LogP contribution in [-0.2, 0) is 19.1 Å². The summed E-state index contributed by atoms with van der Waals surface area (Å²) in [5, 5.41) is 0. The Morgan fingerprint density at radius 2 is 1.00 bits per heavy atom. The number of rotatable bonds is 12. The Hall–Kier alpha value is -2.06. The number of hydrogen-bond donors (Lipinski definition) is 0. The third kappa shape index (κ3) is 10.3. The lowest BCUT2D eigenvalue weighted by atomic mass is 10.2. The van der Waals surface area contributed by atoms with Gasteiger partial charge in [-0.1, -0.05) is 31.9 Å². The minimum absolute atomic E-state index is 0.156. The average Bonchev–Trinajstić information content (AvgIpc) is 2.71. The van der Waals surface area contributed by atoms with E-state index in [1.807, 2.05) is 48.5 Å². The molecule has 0 amide bonds. The van der Waals surface area contributed by atoms with E-state index in [9.17, 15) is 9.59 Å². The molecule has 0 fully saturated rings. The minimum atomic E-state index is -0.365. The van der Waals surface area contributed by atoms with Crippen LogP contribution >= 0.6 is 31.9 Å². The maximum atomic E-state index is 11.7. The Kier molecular flexibility index (Phi) is 10.6. The van der Waals surface area contributed by atoms with Crippen molar-refractivity contribution in [3.63, 3.8) is 0 Å². The lowest BCUT2D eigenvalue weighted by molar-refractivity contribution is -0.146. The molecule has 0 unspecified atom stereocenters. The van der Waals surface area contributed by atoms with Crippen molar-refractivity contribution < 1.29 is 28.5 Å². The second-order valence-electron chi connectivity index (χ2n) is 5.90. The molecule has 0 aliphatic carbocycles. The molecular formula is C21H22Br2O6. The fourth-order valence-corrected chi connectivity index (χ4v) is 2.74. The van der Waals surface area contributed by atoms with Crippen LogP contribution in [0.4, 0.5) is 0 Å². The van der Waals surface area contributed by atoms with Gasteiger partial charge < -0.3 is 18.9 Å². The smallest absolute Gasteiger partial charge is 0.305 e. The molecule has 0 aliphatic rings. The molecule has 6 nitrogen and oxygen atoms in total. The Labute approximate surface area is 186 Å². The summed E-state index contributed by atoms with van der Waals surface area (Å²) in [6.07, 6.45) is 0.685. The van der Waals surface area contributed by atoms with E-state index in [-0.39, 0.29) is 51.2 Å². The van der Waals surface area contributed by atoms with E-state index >= 15 is 0 Å². The van der Waals surface area contributed by atoms with Crippen molar-refractivity contribution in [2.45, 2.75) is 19.3 Å². The monoisotopic (exact) mass is 528 g/mol.